The van der Waals surface area contributed by atoms with E-state index >= 15 is 0 Å². The Bertz CT molecular complexity index is 565. The molecule has 20 heavy (non-hydrogen) atoms. The van der Waals surface area contributed by atoms with Crippen molar-refractivity contribution in [1.29, 1.82) is 0 Å². The van der Waals surface area contributed by atoms with Crippen molar-refractivity contribution in [2.75, 3.05) is 5.32 Å². The maximum absolute atomic E-state index is 6.37. The number of anilines is 1. The minimum atomic E-state index is 0.534. The van der Waals surface area contributed by atoms with E-state index in [1.54, 1.807) is 6.20 Å². The first-order valence-electron chi connectivity index (χ1n) is 7.29. The average Bonchev–Trinajstić information content (AvgIpc) is 2.92. The Morgan fingerprint density at radius 1 is 1.30 bits per heavy atom. The van der Waals surface area contributed by atoms with Crippen LogP contribution in [0.3, 0.4) is 0 Å². The molecule has 1 fully saturated rings. The van der Waals surface area contributed by atoms with Gasteiger partial charge in [-0.2, -0.15) is 5.10 Å². The molecule has 2 atom stereocenters. The van der Waals surface area contributed by atoms with Crippen LogP contribution in [0.4, 0.5) is 5.69 Å². The first-order chi connectivity index (χ1) is 9.74. The lowest BCUT2D eigenvalue weighted by Crippen LogP contribution is -2.26. The van der Waals surface area contributed by atoms with Gasteiger partial charge in [0, 0.05) is 18.4 Å². The van der Waals surface area contributed by atoms with Crippen molar-refractivity contribution in [3.8, 4) is 5.69 Å². The van der Waals surface area contributed by atoms with Crippen molar-refractivity contribution in [3.05, 3.63) is 41.7 Å². The monoisotopic (exact) mass is 289 g/mol. The van der Waals surface area contributed by atoms with E-state index in [0.717, 1.165) is 22.3 Å². The van der Waals surface area contributed by atoms with Gasteiger partial charge in [0.15, 0.2) is 0 Å². The van der Waals surface area contributed by atoms with Crippen LogP contribution in [0.15, 0.2) is 36.7 Å². The van der Waals surface area contributed by atoms with E-state index in [1.807, 2.05) is 29.1 Å². The third-order valence-electron chi connectivity index (χ3n) is 4.02. The van der Waals surface area contributed by atoms with Crippen molar-refractivity contribution in [2.24, 2.45) is 5.92 Å². The lowest BCUT2D eigenvalue weighted by atomic mass is 9.87. The third-order valence-corrected chi connectivity index (χ3v) is 4.32. The van der Waals surface area contributed by atoms with Gasteiger partial charge in [0.05, 0.1) is 10.7 Å². The van der Waals surface area contributed by atoms with Crippen LogP contribution < -0.4 is 5.32 Å². The quantitative estimate of drug-likeness (QED) is 0.900. The molecule has 0 saturated heterocycles. The second-order valence-corrected chi connectivity index (χ2v) is 6.11. The number of nitrogens with zero attached hydrogens (tertiary/aromatic N) is 2. The van der Waals surface area contributed by atoms with Gasteiger partial charge in [-0.15, -0.1) is 0 Å². The first kappa shape index (κ1) is 13.5. The van der Waals surface area contributed by atoms with Crippen LogP contribution in [0.1, 0.15) is 32.6 Å². The van der Waals surface area contributed by atoms with Crippen LogP contribution in [0.5, 0.6) is 0 Å². The van der Waals surface area contributed by atoms with Crippen molar-refractivity contribution in [3.63, 3.8) is 0 Å². The van der Waals surface area contributed by atoms with Gasteiger partial charge < -0.3 is 5.32 Å². The average molecular weight is 290 g/mol. The van der Waals surface area contributed by atoms with Crippen molar-refractivity contribution < 1.29 is 0 Å². The molecule has 1 aliphatic rings. The highest BCUT2D eigenvalue weighted by atomic mass is 35.5. The molecule has 1 aliphatic carbocycles. The first-order valence-corrected chi connectivity index (χ1v) is 7.67. The Hall–Kier alpha value is -1.48. The number of halogens is 1. The fourth-order valence-corrected chi connectivity index (χ4v) is 3.31. The zero-order valence-electron chi connectivity index (χ0n) is 11.7. The molecular weight excluding hydrogens is 270 g/mol. The minimum absolute atomic E-state index is 0.534. The minimum Gasteiger partial charge on any atom is -0.381 e. The van der Waals surface area contributed by atoms with Gasteiger partial charge in [-0.05, 0) is 37.0 Å². The summed E-state index contributed by atoms with van der Waals surface area (Å²) in [6.45, 7) is 2.33. The summed E-state index contributed by atoms with van der Waals surface area (Å²) in [6.07, 6.45) is 8.81. The van der Waals surface area contributed by atoms with Gasteiger partial charge >= 0.3 is 0 Å². The van der Waals surface area contributed by atoms with Crippen LogP contribution >= 0.6 is 11.6 Å². The summed E-state index contributed by atoms with van der Waals surface area (Å²) in [6, 6.07) is 8.43. The molecule has 1 aromatic heterocycles. The lowest BCUT2D eigenvalue weighted by Gasteiger charge is -2.29. The number of nitrogens with one attached hydrogen (secondary N) is 1. The summed E-state index contributed by atoms with van der Waals surface area (Å²) in [5.41, 5.74) is 2.01. The Morgan fingerprint density at radius 3 is 2.95 bits per heavy atom. The van der Waals surface area contributed by atoms with Crippen LogP contribution in [0.2, 0.25) is 5.02 Å². The van der Waals surface area contributed by atoms with Crippen molar-refractivity contribution in [1.82, 2.24) is 9.78 Å². The fraction of sp³-hybridized carbons (Fsp3) is 0.438. The van der Waals surface area contributed by atoms with E-state index in [4.69, 9.17) is 11.6 Å². The largest absolute Gasteiger partial charge is 0.381 e. The van der Waals surface area contributed by atoms with Gasteiger partial charge in [0.1, 0.15) is 5.69 Å². The molecule has 4 heteroatoms. The molecule has 0 aliphatic heterocycles. The maximum atomic E-state index is 6.37. The van der Waals surface area contributed by atoms with Gasteiger partial charge in [-0.25, -0.2) is 4.68 Å². The smallest absolute Gasteiger partial charge is 0.106 e. The van der Waals surface area contributed by atoms with Gasteiger partial charge in [0.2, 0.25) is 0 Å². The molecule has 3 rings (SSSR count). The molecular formula is C16H20ClN3. The molecule has 3 nitrogen and oxygen atoms in total. The number of rotatable bonds is 3. The topological polar surface area (TPSA) is 29.9 Å². The zero-order chi connectivity index (χ0) is 13.9. The van der Waals surface area contributed by atoms with Crippen LogP contribution in [0, 0.1) is 5.92 Å². The molecule has 0 radical (unpaired) electrons. The summed E-state index contributed by atoms with van der Waals surface area (Å²) in [7, 11) is 0. The highest BCUT2D eigenvalue weighted by Gasteiger charge is 2.20. The van der Waals surface area contributed by atoms with Crippen LogP contribution in [0.25, 0.3) is 5.69 Å². The van der Waals surface area contributed by atoms with E-state index in [2.05, 4.69) is 23.4 Å². The molecule has 1 N–H and O–H groups in total. The molecule has 2 unspecified atom stereocenters. The SMILES string of the molecule is CC1CCCC(Nc2cccc(Cl)c2-n2cccn2)C1. The van der Waals surface area contributed by atoms with Gasteiger partial charge in [0.25, 0.3) is 0 Å². The van der Waals surface area contributed by atoms with Crippen LogP contribution in [-0.4, -0.2) is 15.8 Å². The summed E-state index contributed by atoms with van der Waals surface area (Å²) < 4.78 is 1.83. The molecule has 1 heterocycles. The lowest BCUT2D eigenvalue weighted by molar-refractivity contribution is 0.358. The number of aromatic nitrogens is 2. The third kappa shape index (κ3) is 2.83. The Morgan fingerprint density at radius 2 is 2.20 bits per heavy atom. The summed E-state index contributed by atoms with van der Waals surface area (Å²) >= 11 is 6.37. The molecule has 1 saturated carbocycles. The summed E-state index contributed by atoms with van der Waals surface area (Å²) in [5, 5.41) is 8.70. The Balaban J connectivity index is 1.88. The summed E-state index contributed by atoms with van der Waals surface area (Å²) in [5.74, 6) is 0.800. The molecule has 0 spiro atoms. The molecule has 0 amide bonds. The maximum Gasteiger partial charge on any atom is 0.106 e. The standard InChI is InChI=1S/C16H20ClN3/c1-12-5-2-6-13(11-12)19-15-8-3-7-14(17)16(15)20-10-4-9-18-20/h3-4,7-10,12-13,19H,2,5-6,11H2,1H3. The normalized spacial score (nSPS) is 22.7. The predicted molar refractivity (Wildman–Crippen MR) is 83.6 cm³/mol. The van der Waals surface area contributed by atoms with Gasteiger partial charge in [-0.1, -0.05) is 37.4 Å². The number of hydrogen-bond acceptors (Lipinski definition) is 2. The zero-order valence-corrected chi connectivity index (χ0v) is 12.5. The molecule has 2 aromatic rings. The molecule has 0 bridgehead atoms. The van der Waals surface area contributed by atoms with E-state index in [1.165, 1.54) is 25.7 Å². The van der Waals surface area contributed by atoms with Crippen molar-refractivity contribution >= 4 is 17.3 Å². The van der Waals surface area contributed by atoms with Gasteiger partial charge in [-0.3, -0.25) is 0 Å². The second-order valence-electron chi connectivity index (χ2n) is 5.70. The molecule has 1 aromatic carbocycles. The highest BCUT2D eigenvalue weighted by molar-refractivity contribution is 6.33. The van der Waals surface area contributed by atoms with E-state index in [9.17, 15) is 0 Å². The van der Waals surface area contributed by atoms with E-state index < -0.39 is 0 Å². The molecule has 106 valence electrons. The Labute approximate surface area is 124 Å². The number of para-hydroxylation sites is 1. The summed E-state index contributed by atoms with van der Waals surface area (Å²) in [4.78, 5) is 0. The number of benzene rings is 1. The van der Waals surface area contributed by atoms with Crippen LogP contribution in [-0.2, 0) is 0 Å². The Kier molecular flexibility index (Phi) is 3.97. The van der Waals surface area contributed by atoms with E-state index in [-0.39, 0.29) is 0 Å². The second kappa shape index (κ2) is 5.88. The van der Waals surface area contributed by atoms with E-state index in [0.29, 0.717) is 6.04 Å². The highest BCUT2D eigenvalue weighted by Crippen LogP contribution is 2.31. The number of hydrogen-bond donors (Lipinski definition) is 1. The van der Waals surface area contributed by atoms with Crippen molar-refractivity contribution in [2.45, 2.75) is 38.6 Å². The predicted octanol–water partition coefficient (Wildman–Crippen LogP) is 4.52. The fourth-order valence-electron chi connectivity index (χ4n) is 3.05.